The fraction of sp³-hybridized carbons (Fsp3) is 0.455. The lowest BCUT2D eigenvalue weighted by Gasteiger charge is -2.24. The van der Waals surface area contributed by atoms with E-state index in [1.54, 1.807) is 13.4 Å². The number of carbonyl (C=O) groups excluding carboxylic acids is 1. The molecule has 1 atom stereocenters. The van der Waals surface area contributed by atoms with Gasteiger partial charge in [0.05, 0.1) is 6.33 Å². The van der Waals surface area contributed by atoms with Crippen LogP contribution in [0.4, 0.5) is 11.8 Å². The Morgan fingerprint density at radius 3 is 3.05 bits per heavy atom. The van der Waals surface area contributed by atoms with Gasteiger partial charge in [-0.1, -0.05) is 0 Å². The molecule has 1 aliphatic heterocycles. The summed E-state index contributed by atoms with van der Waals surface area (Å²) in [4.78, 5) is 26.9. The van der Waals surface area contributed by atoms with Crippen molar-refractivity contribution < 1.29 is 4.79 Å². The van der Waals surface area contributed by atoms with Gasteiger partial charge in [0.25, 0.3) is 0 Å². The van der Waals surface area contributed by atoms with Crippen molar-refractivity contribution in [1.29, 1.82) is 0 Å². The van der Waals surface area contributed by atoms with Crippen LogP contribution in [0.1, 0.15) is 12.8 Å². The number of hydrogen-bond donors (Lipinski definition) is 4. The maximum atomic E-state index is 11.1. The van der Waals surface area contributed by atoms with E-state index in [0.717, 1.165) is 11.9 Å². The maximum absolute atomic E-state index is 11.1. The number of aromatic amines is 1. The minimum absolute atomic E-state index is 0.100. The SMILES string of the molecule is CNc1nc(NC2CCC(=O)NC2)c2[nH]cnc2n1. The van der Waals surface area contributed by atoms with Gasteiger partial charge in [-0.3, -0.25) is 4.79 Å². The van der Waals surface area contributed by atoms with Crippen molar-refractivity contribution in [3.05, 3.63) is 6.33 Å². The Bertz CT molecular complexity index is 598. The number of anilines is 2. The molecule has 1 fully saturated rings. The second kappa shape index (κ2) is 4.71. The number of fused-ring (bicyclic) bond motifs is 1. The number of nitrogens with one attached hydrogen (secondary N) is 4. The summed E-state index contributed by atoms with van der Waals surface area (Å²) in [5.41, 5.74) is 1.39. The van der Waals surface area contributed by atoms with Crippen LogP contribution in [-0.4, -0.2) is 45.5 Å². The summed E-state index contributed by atoms with van der Waals surface area (Å²) in [6.07, 6.45) is 2.92. The Morgan fingerprint density at radius 2 is 2.32 bits per heavy atom. The van der Waals surface area contributed by atoms with E-state index in [-0.39, 0.29) is 11.9 Å². The summed E-state index contributed by atoms with van der Waals surface area (Å²) < 4.78 is 0. The molecule has 19 heavy (non-hydrogen) atoms. The maximum Gasteiger partial charge on any atom is 0.226 e. The van der Waals surface area contributed by atoms with Crippen LogP contribution in [0.15, 0.2) is 6.33 Å². The average Bonchev–Trinajstić information content (AvgIpc) is 2.89. The quantitative estimate of drug-likeness (QED) is 0.623. The first-order valence-corrected chi connectivity index (χ1v) is 6.18. The molecule has 0 bridgehead atoms. The van der Waals surface area contributed by atoms with Gasteiger partial charge >= 0.3 is 0 Å². The van der Waals surface area contributed by atoms with Crippen LogP contribution < -0.4 is 16.0 Å². The summed E-state index contributed by atoms with van der Waals surface area (Å²) in [6.45, 7) is 0.605. The second-order valence-electron chi connectivity index (χ2n) is 4.43. The number of imidazole rings is 1. The smallest absolute Gasteiger partial charge is 0.226 e. The number of hydrogen-bond acceptors (Lipinski definition) is 6. The van der Waals surface area contributed by atoms with Gasteiger partial charge in [0.2, 0.25) is 11.9 Å². The zero-order chi connectivity index (χ0) is 13.2. The third-order valence-electron chi connectivity index (χ3n) is 3.12. The zero-order valence-electron chi connectivity index (χ0n) is 10.5. The molecule has 1 amide bonds. The van der Waals surface area contributed by atoms with Crippen molar-refractivity contribution in [3.63, 3.8) is 0 Å². The molecular weight excluding hydrogens is 246 g/mol. The van der Waals surface area contributed by atoms with Gasteiger partial charge in [-0.25, -0.2) is 4.98 Å². The van der Waals surface area contributed by atoms with E-state index < -0.39 is 0 Å². The number of carbonyl (C=O) groups is 1. The van der Waals surface area contributed by atoms with E-state index in [1.807, 2.05) is 0 Å². The number of amides is 1. The lowest BCUT2D eigenvalue weighted by atomic mass is 10.1. The van der Waals surface area contributed by atoms with Crippen molar-refractivity contribution >= 4 is 28.8 Å². The fourth-order valence-electron chi connectivity index (χ4n) is 2.10. The number of piperidine rings is 1. The third-order valence-corrected chi connectivity index (χ3v) is 3.12. The molecule has 0 aliphatic carbocycles. The highest BCUT2D eigenvalue weighted by Crippen LogP contribution is 2.20. The van der Waals surface area contributed by atoms with Crippen LogP contribution in [0.5, 0.6) is 0 Å². The summed E-state index contributed by atoms with van der Waals surface area (Å²) in [6, 6.07) is 0.170. The highest BCUT2D eigenvalue weighted by atomic mass is 16.1. The van der Waals surface area contributed by atoms with Crippen LogP contribution in [0.25, 0.3) is 11.2 Å². The van der Waals surface area contributed by atoms with Crippen molar-refractivity contribution in [3.8, 4) is 0 Å². The molecule has 0 aromatic carbocycles. The predicted octanol–water partition coefficient (Wildman–Crippen LogP) is 0.0851. The average molecular weight is 261 g/mol. The van der Waals surface area contributed by atoms with Crippen molar-refractivity contribution in [1.82, 2.24) is 25.3 Å². The Morgan fingerprint density at radius 1 is 1.42 bits per heavy atom. The molecule has 0 saturated carbocycles. The van der Waals surface area contributed by atoms with Gasteiger partial charge in [0.15, 0.2) is 11.5 Å². The van der Waals surface area contributed by atoms with Gasteiger partial charge < -0.3 is 20.9 Å². The van der Waals surface area contributed by atoms with Gasteiger partial charge in [0.1, 0.15) is 5.52 Å². The lowest BCUT2D eigenvalue weighted by molar-refractivity contribution is -0.122. The van der Waals surface area contributed by atoms with Crippen LogP contribution in [-0.2, 0) is 4.79 Å². The summed E-state index contributed by atoms with van der Waals surface area (Å²) in [5.74, 6) is 1.32. The third kappa shape index (κ3) is 2.28. The summed E-state index contributed by atoms with van der Waals surface area (Å²) in [5, 5.41) is 9.07. The van der Waals surface area contributed by atoms with Gasteiger partial charge in [-0.15, -0.1) is 0 Å². The first-order chi connectivity index (χ1) is 9.26. The van der Waals surface area contributed by atoms with E-state index in [1.165, 1.54) is 0 Å². The number of rotatable bonds is 3. The zero-order valence-corrected chi connectivity index (χ0v) is 10.5. The summed E-state index contributed by atoms with van der Waals surface area (Å²) in [7, 11) is 1.76. The minimum atomic E-state index is 0.100. The molecule has 0 spiro atoms. The van der Waals surface area contributed by atoms with E-state index in [9.17, 15) is 4.79 Å². The van der Waals surface area contributed by atoms with E-state index >= 15 is 0 Å². The first-order valence-electron chi connectivity index (χ1n) is 6.18. The molecule has 1 unspecified atom stereocenters. The molecule has 4 N–H and O–H groups in total. The van der Waals surface area contributed by atoms with Gasteiger partial charge in [-0.05, 0) is 6.42 Å². The molecule has 0 radical (unpaired) electrons. The number of nitrogens with zero attached hydrogens (tertiary/aromatic N) is 3. The van der Waals surface area contributed by atoms with Crippen LogP contribution in [0.2, 0.25) is 0 Å². The molecule has 1 aliphatic rings. The molecule has 8 heteroatoms. The minimum Gasteiger partial charge on any atom is -0.364 e. The second-order valence-corrected chi connectivity index (χ2v) is 4.43. The number of aromatic nitrogens is 4. The Balaban J connectivity index is 1.87. The molecule has 3 heterocycles. The first kappa shape index (κ1) is 11.7. The Kier molecular flexibility index (Phi) is 2.90. The van der Waals surface area contributed by atoms with Crippen molar-refractivity contribution in [2.24, 2.45) is 0 Å². The molecule has 100 valence electrons. The fourth-order valence-corrected chi connectivity index (χ4v) is 2.10. The van der Waals surface area contributed by atoms with Crippen molar-refractivity contribution in [2.45, 2.75) is 18.9 Å². The molecule has 3 rings (SSSR count). The predicted molar refractivity (Wildman–Crippen MR) is 70.9 cm³/mol. The topological polar surface area (TPSA) is 108 Å². The largest absolute Gasteiger partial charge is 0.364 e. The van der Waals surface area contributed by atoms with E-state index in [0.29, 0.717) is 30.4 Å². The highest BCUT2D eigenvalue weighted by Gasteiger charge is 2.19. The highest BCUT2D eigenvalue weighted by molar-refractivity contribution is 5.84. The summed E-state index contributed by atoms with van der Waals surface area (Å²) >= 11 is 0. The monoisotopic (exact) mass is 261 g/mol. The molecular formula is C11H15N7O. The Labute approximate surface area is 109 Å². The van der Waals surface area contributed by atoms with Crippen LogP contribution in [0, 0.1) is 0 Å². The van der Waals surface area contributed by atoms with Gasteiger partial charge in [0, 0.05) is 26.1 Å². The van der Waals surface area contributed by atoms with E-state index in [4.69, 9.17) is 0 Å². The van der Waals surface area contributed by atoms with E-state index in [2.05, 4.69) is 35.9 Å². The van der Waals surface area contributed by atoms with Gasteiger partial charge in [-0.2, -0.15) is 9.97 Å². The van der Waals surface area contributed by atoms with Crippen LogP contribution in [0.3, 0.4) is 0 Å². The Hall–Kier alpha value is -2.38. The molecule has 2 aromatic heterocycles. The number of H-pyrrole nitrogens is 1. The van der Waals surface area contributed by atoms with Crippen LogP contribution >= 0.6 is 0 Å². The normalized spacial score (nSPS) is 19.2. The molecule has 1 saturated heterocycles. The molecule has 2 aromatic rings. The standard InChI is InChI=1S/C11H15N7O/c1-12-11-17-9-8(14-5-15-9)10(18-11)16-6-2-3-7(19)13-4-6/h5-6H,2-4H2,1H3,(H,13,19)(H3,12,14,15,16,17,18). The lowest BCUT2D eigenvalue weighted by Crippen LogP contribution is -2.42. The van der Waals surface area contributed by atoms with Crippen molar-refractivity contribution in [2.75, 3.05) is 24.2 Å². The molecule has 8 nitrogen and oxygen atoms in total.